The number of likely N-dealkylation sites (N-methyl/N-ethyl adjacent to an activating group) is 1. The van der Waals surface area contributed by atoms with Crippen molar-refractivity contribution in [1.29, 1.82) is 0 Å². The number of carboxylic acids is 1. The van der Waals surface area contributed by atoms with Crippen molar-refractivity contribution in [2.45, 2.75) is 12.7 Å². The first-order valence-electron chi connectivity index (χ1n) is 6.35. The van der Waals surface area contributed by atoms with E-state index in [9.17, 15) is 18.0 Å². The molecule has 2 aromatic rings. The lowest BCUT2D eigenvalue weighted by Gasteiger charge is -2.14. The third-order valence-electron chi connectivity index (χ3n) is 2.74. The first-order chi connectivity index (χ1) is 11.1. The van der Waals surface area contributed by atoms with Gasteiger partial charge < -0.3 is 14.4 Å². The predicted octanol–water partition coefficient (Wildman–Crippen LogP) is 2.77. The number of amides is 1. The van der Waals surface area contributed by atoms with Gasteiger partial charge in [-0.1, -0.05) is 18.2 Å². The Morgan fingerprint density at radius 3 is 2.54 bits per heavy atom. The molecular weight excluding hydrogens is 351 g/mol. The summed E-state index contributed by atoms with van der Waals surface area (Å²) >= 11 is 5.93. The molecule has 0 atom stereocenters. The summed E-state index contributed by atoms with van der Waals surface area (Å²) in [7, 11) is 1.72. The molecule has 0 fully saturated rings. The van der Waals surface area contributed by atoms with Gasteiger partial charge in [0.05, 0.1) is 23.5 Å². The molecule has 10 heteroatoms. The fourth-order valence-electron chi connectivity index (χ4n) is 1.60. The van der Waals surface area contributed by atoms with Gasteiger partial charge in [-0.15, -0.1) is 0 Å². The summed E-state index contributed by atoms with van der Waals surface area (Å²) in [5.74, 6) is -2.88. The summed E-state index contributed by atoms with van der Waals surface area (Å²) in [4.78, 5) is 26.1. The number of rotatable bonds is 3. The second-order valence-corrected chi connectivity index (χ2v) is 4.96. The highest BCUT2D eigenvalue weighted by Crippen LogP contribution is 2.14. The summed E-state index contributed by atoms with van der Waals surface area (Å²) in [5, 5.41) is 7.76. The van der Waals surface area contributed by atoms with Crippen LogP contribution in [-0.2, 0) is 16.1 Å². The van der Waals surface area contributed by atoms with Gasteiger partial charge in [0.15, 0.2) is 0 Å². The molecule has 0 aliphatic rings. The van der Waals surface area contributed by atoms with Crippen molar-refractivity contribution >= 4 is 29.1 Å². The van der Waals surface area contributed by atoms with E-state index in [-0.39, 0.29) is 5.91 Å². The fraction of sp³-hybridized carbons (Fsp3) is 0.214. The number of aromatic nitrogens is 2. The van der Waals surface area contributed by atoms with Crippen molar-refractivity contribution < 1.29 is 27.9 Å². The lowest BCUT2D eigenvalue weighted by atomic mass is 10.4. The van der Waals surface area contributed by atoms with Crippen molar-refractivity contribution in [3.63, 3.8) is 0 Å². The SMILES string of the molecule is C=CC(=O)N(C)Cc1cnc2ccc(Cl)cn12.O=C(O)C(F)(F)F. The summed E-state index contributed by atoms with van der Waals surface area (Å²) in [6.45, 7) is 3.92. The van der Waals surface area contributed by atoms with E-state index in [0.29, 0.717) is 11.6 Å². The fourth-order valence-corrected chi connectivity index (χ4v) is 1.76. The predicted molar refractivity (Wildman–Crippen MR) is 80.6 cm³/mol. The normalized spacial score (nSPS) is 10.7. The van der Waals surface area contributed by atoms with Crippen molar-refractivity contribution in [3.8, 4) is 0 Å². The molecule has 24 heavy (non-hydrogen) atoms. The molecule has 2 aromatic heterocycles. The van der Waals surface area contributed by atoms with Crippen LogP contribution in [0.5, 0.6) is 0 Å². The minimum absolute atomic E-state index is 0.123. The third-order valence-corrected chi connectivity index (χ3v) is 2.96. The number of carbonyl (C=O) groups is 2. The molecule has 2 rings (SSSR count). The van der Waals surface area contributed by atoms with Crippen LogP contribution in [0.25, 0.3) is 5.65 Å². The Balaban J connectivity index is 0.000000351. The maximum atomic E-state index is 11.4. The number of alkyl halides is 3. The van der Waals surface area contributed by atoms with E-state index in [0.717, 1.165) is 11.3 Å². The zero-order chi connectivity index (χ0) is 18.5. The molecule has 0 aromatic carbocycles. The number of hydrogen-bond donors (Lipinski definition) is 1. The first-order valence-corrected chi connectivity index (χ1v) is 6.73. The van der Waals surface area contributed by atoms with Crippen LogP contribution >= 0.6 is 11.6 Å². The number of carbonyl (C=O) groups excluding carboxylic acids is 1. The molecule has 1 N–H and O–H groups in total. The highest BCUT2D eigenvalue weighted by molar-refractivity contribution is 6.30. The number of carboxylic acid groups (broad SMARTS) is 1. The van der Waals surface area contributed by atoms with E-state index >= 15 is 0 Å². The molecule has 0 spiro atoms. The molecule has 0 bridgehead atoms. The topological polar surface area (TPSA) is 74.9 Å². The van der Waals surface area contributed by atoms with Crippen LogP contribution in [0.4, 0.5) is 13.2 Å². The van der Waals surface area contributed by atoms with Gasteiger partial charge in [-0.05, 0) is 18.2 Å². The third kappa shape index (κ3) is 5.27. The second kappa shape index (κ2) is 7.82. The molecule has 0 saturated carbocycles. The van der Waals surface area contributed by atoms with Crippen LogP contribution in [0.15, 0.2) is 37.2 Å². The van der Waals surface area contributed by atoms with Crippen LogP contribution in [-0.4, -0.2) is 44.5 Å². The van der Waals surface area contributed by atoms with E-state index in [1.54, 1.807) is 30.4 Å². The summed E-state index contributed by atoms with van der Waals surface area (Å²) < 4.78 is 33.6. The van der Waals surface area contributed by atoms with Gasteiger partial charge in [-0.3, -0.25) is 4.79 Å². The van der Waals surface area contributed by atoms with E-state index in [4.69, 9.17) is 21.5 Å². The molecule has 0 aliphatic heterocycles. The summed E-state index contributed by atoms with van der Waals surface area (Å²) in [6.07, 6.45) is -0.278. The van der Waals surface area contributed by atoms with Gasteiger partial charge in [0, 0.05) is 13.2 Å². The van der Waals surface area contributed by atoms with Gasteiger partial charge in [0.25, 0.3) is 0 Å². The Hall–Kier alpha value is -2.55. The first kappa shape index (κ1) is 19.5. The largest absolute Gasteiger partial charge is 0.490 e. The van der Waals surface area contributed by atoms with Crippen molar-refractivity contribution in [3.05, 3.63) is 47.9 Å². The van der Waals surface area contributed by atoms with Crippen LogP contribution in [0.3, 0.4) is 0 Å². The minimum atomic E-state index is -5.08. The average Bonchev–Trinajstić information content (AvgIpc) is 2.88. The van der Waals surface area contributed by atoms with Gasteiger partial charge in [-0.25, -0.2) is 9.78 Å². The Kier molecular flexibility index (Phi) is 6.35. The maximum absolute atomic E-state index is 11.4. The highest BCUT2D eigenvalue weighted by atomic mass is 35.5. The van der Waals surface area contributed by atoms with Crippen LogP contribution in [0.2, 0.25) is 5.02 Å². The van der Waals surface area contributed by atoms with Gasteiger partial charge in [0.2, 0.25) is 5.91 Å². The van der Waals surface area contributed by atoms with Gasteiger partial charge >= 0.3 is 12.1 Å². The summed E-state index contributed by atoms with van der Waals surface area (Å²) in [5.41, 5.74) is 1.71. The number of nitrogens with zero attached hydrogens (tertiary/aromatic N) is 3. The summed E-state index contributed by atoms with van der Waals surface area (Å²) in [6, 6.07) is 3.62. The van der Waals surface area contributed by atoms with E-state index in [2.05, 4.69) is 11.6 Å². The Labute approximate surface area is 139 Å². The quantitative estimate of drug-likeness (QED) is 0.851. The zero-order valence-electron chi connectivity index (χ0n) is 12.4. The lowest BCUT2D eigenvalue weighted by molar-refractivity contribution is -0.192. The number of hydrogen-bond acceptors (Lipinski definition) is 3. The maximum Gasteiger partial charge on any atom is 0.490 e. The molecular formula is C14H13ClF3N3O3. The minimum Gasteiger partial charge on any atom is -0.475 e. The van der Waals surface area contributed by atoms with E-state index < -0.39 is 12.1 Å². The van der Waals surface area contributed by atoms with Crippen LogP contribution < -0.4 is 0 Å². The standard InChI is InChI=1S/C12H12ClN3O.C2HF3O2/c1-3-12(17)15(2)8-10-6-14-11-5-4-9(13)7-16(10)11;3-2(4,5)1(6)7/h3-7H,1,8H2,2H3;(H,6,7). The second-order valence-electron chi connectivity index (χ2n) is 4.53. The van der Waals surface area contributed by atoms with E-state index in [1.165, 1.54) is 6.08 Å². The molecule has 130 valence electrons. The molecule has 0 aliphatic carbocycles. The smallest absolute Gasteiger partial charge is 0.475 e. The molecule has 1 amide bonds. The number of aliphatic carboxylic acids is 1. The number of fused-ring (bicyclic) bond motifs is 1. The highest BCUT2D eigenvalue weighted by Gasteiger charge is 2.38. The number of halogens is 4. The Morgan fingerprint density at radius 1 is 1.46 bits per heavy atom. The molecule has 0 radical (unpaired) electrons. The van der Waals surface area contributed by atoms with Crippen molar-refractivity contribution in [1.82, 2.24) is 14.3 Å². The van der Waals surface area contributed by atoms with Crippen molar-refractivity contribution in [2.75, 3.05) is 7.05 Å². The average molecular weight is 364 g/mol. The molecule has 0 unspecified atom stereocenters. The molecule has 0 saturated heterocycles. The van der Waals surface area contributed by atoms with Crippen LogP contribution in [0.1, 0.15) is 5.69 Å². The Bertz CT molecular complexity index is 759. The van der Waals surface area contributed by atoms with E-state index in [1.807, 2.05) is 10.5 Å². The monoisotopic (exact) mass is 363 g/mol. The number of imidazole rings is 1. The Morgan fingerprint density at radius 2 is 2.04 bits per heavy atom. The molecule has 6 nitrogen and oxygen atoms in total. The number of pyridine rings is 1. The lowest BCUT2D eigenvalue weighted by Crippen LogP contribution is -2.24. The van der Waals surface area contributed by atoms with Crippen LogP contribution in [0, 0.1) is 0 Å². The molecule has 2 heterocycles. The van der Waals surface area contributed by atoms with Crippen molar-refractivity contribution in [2.24, 2.45) is 0 Å². The van der Waals surface area contributed by atoms with Gasteiger partial charge in [0.1, 0.15) is 5.65 Å². The van der Waals surface area contributed by atoms with Gasteiger partial charge in [-0.2, -0.15) is 13.2 Å². The zero-order valence-corrected chi connectivity index (χ0v) is 13.2.